The minimum Gasteiger partial charge on any atom is -0.357 e. The summed E-state index contributed by atoms with van der Waals surface area (Å²) in [5.74, 6) is 1.28. The Balaban J connectivity index is 1.60. The highest BCUT2D eigenvalue weighted by Gasteiger charge is 2.03. The molecule has 0 aliphatic heterocycles. The maximum absolute atomic E-state index is 13.7. The van der Waals surface area contributed by atoms with E-state index in [1.165, 1.54) is 6.07 Å². The van der Waals surface area contributed by atoms with Gasteiger partial charge < -0.3 is 10.6 Å². The molecule has 3 aromatic rings. The van der Waals surface area contributed by atoms with E-state index < -0.39 is 0 Å². The molecule has 0 aliphatic carbocycles. The zero-order valence-corrected chi connectivity index (χ0v) is 15.3. The van der Waals surface area contributed by atoms with Gasteiger partial charge in [-0.25, -0.2) is 19.0 Å². The first kappa shape index (κ1) is 18.6. The van der Waals surface area contributed by atoms with Gasteiger partial charge in [0.05, 0.1) is 6.54 Å². The number of rotatable bonds is 7. The predicted molar refractivity (Wildman–Crippen MR) is 104 cm³/mol. The van der Waals surface area contributed by atoms with Crippen LogP contribution in [0.1, 0.15) is 18.1 Å². The number of pyridine rings is 1. The van der Waals surface area contributed by atoms with E-state index in [1.54, 1.807) is 29.2 Å². The lowest BCUT2D eigenvalue weighted by Crippen LogP contribution is -2.38. The number of benzene rings is 1. The summed E-state index contributed by atoms with van der Waals surface area (Å²) in [7, 11) is 0. The van der Waals surface area contributed by atoms with Gasteiger partial charge in [-0.2, -0.15) is 5.10 Å². The molecule has 2 N–H and O–H groups in total. The summed E-state index contributed by atoms with van der Waals surface area (Å²) in [5, 5.41) is 10.6. The van der Waals surface area contributed by atoms with E-state index in [0.717, 1.165) is 17.9 Å². The van der Waals surface area contributed by atoms with Crippen LogP contribution in [0.5, 0.6) is 0 Å². The first-order chi connectivity index (χ1) is 13.3. The minimum atomic E-state index is -0.177. The van der Waals surface area contributed by atoms with Crippen LogP contribution in [0.3, 0.4) is 0 Å². The van der Waals surface area contributed by atoms with Gasteiger partial charge in [-0.15, -0.1) is 0 Å². The van der Waals surface area contributed by atoms with E-state index in [2.05, 4.69) is 25.7 Å². The molecule has 0 saturated heterocycles. The molecular weight excluding hydrogens is 343 g/mol. The van der Waals surface area contributed by atoms with E-state index in [1.807, 2.05) is 37.4 Å². The number of nitrogens with zero attached hydrogens (tertiary/aromatic N) is 4. The SMILES string of the molecule is CCNC(=NCc1ccnc(-n2cccn2)c1)NCCc1ccccc1F. The van der Waals surface area contributed by atoms with Crippen molar-refractivity contribution in [3.8, 4) is 5.82 Å². The molecule has 3 rings (SSSR count). The summed E-state index contributed by atoms with van der Waals surface area (Å²) in [6, 6.07) is 12.6. The van der Waals surface area contributed by atoms with Crippen LogP contribution in [0, 0.1) is 5.82 Å². The number of nitrogens with one attached hydrogen (secondary N) is 2. The molecule has 0 atom stereocenters. The fourth-order valence-electron chi connectivity index (χ4n) is 2.62. The highest BCUT2D eigenvalue weighted by atomic mass is 19.1. The molecule has 2 aromatic heterocycles. The summed E-state index contributed by atoms with van der Waals surface area (Å²) in [6.45, 7) is 3.87. The van der Waals surface area contributed by atoms with E-state index in [9.17, 15) is 4.39 Å². The first-order valence-corrected chi connectivity index (χ1v) is 8.97. The van der Waals surface area contributed by atoms with Gasteiger partial charge in [0, 0.05) is 31.7 Å². The van der Waals surface area contributed by atoms with Crippen LogP contribution in [-0.2, 0) is 13.0 Å². The van der Waals surface area contributed by atoms with E-state index in [0.29, 0.717) is 31.0 Å². The largest absolute Gasteiger partial charge is 0.357 e. The molecule has 0 bridgehead atoms. The number of guanidine groups is 1. The Kier molecular flexibility index (Phi) is 6.51. The van der Waals surface area contributed by atoms with E-state index in [-0.39, 0.29) is 5.82 Å². The van der Waals surface area contributed by atoms with E-state index >= 15 is 0 Å². The predicted octanol–water partition coefficient (Wildman–Crippen LogP) is 2.70. The van der Waals surface area contributed by atoms with Gasteiger partial charge >= 0.3 is 0 Å². The second-order valence-corrected chi connectivity index (χ2v) is 5.94. The highest BCUT2D eigenvalue weighted by molar-refractivity contribution is 5.79. The molecule has 0 aliphatic rings. The van der Waals surface area contributed by atoms with Crippen molar-refractivity contribution in [2.45, 2.75) is 19.9 Å². The lowest BCUT2D eigenvalue weighted by atomic mass is 10.1. The van der Waals surface area contributed by atoms with Crippen LogP contribution >= 0.6 is 0 Å². The Hall–Kier alpha value is -3.22. The van der Waals surface area contributed by atoms with Crippen molar-refractivity contribution in [3.05, 3.63) is 78.0 Å². The lowest BCUT2D eigenvalue weighted by molar-refractivity contribution is 0.606. The van der Waals surface area contributed by atoms with Gasteiger partial charge in [-0.3, -0.25) is 0 Å². The molecule has 0 unspecified atom stereocenters. The van der Waals surface area contributed by atoms with Gasteiger partial charge in [0.15, 0.2) is 11.8 Å². The Labute approximate surface area is 158 Å². The Morgan fingerprint density at radius 2 is 2.04 bits per heavy atom. The molecule has 6 nitrogen and oxygen atoms in total. The van der Waals surface area contributed by atoms with Gasteiger partial charge in [0.25, 0.3) is 0 Å². The monoisotopic (exact) mass is 366 g/mol. The third-order valence-electron chi connectivity index (χ3n) is 3.96. The molecule has 0 fully saturated rings. The Morgan fingerprint density at radius 1 is 1.15 bits per heavy atom. The van der Waals surface area contributed by atoms with Crippen LogP contribution in [0.2, 0.25) is 0 Å². The average molecular weight is 366 g/mol. The van der Waals surface area contributed by atoms with Crippen LogP contribution in [0.25, 0.3) is 5.82 Å². The maximum atomic E-state index is 13.7. The van der Waals surface area contributed by atoms with Crippen molar-refractivity contribution in [2.24, 2.45) is 4.99 Å². The number of halogens is 1. The number of aromatic nitrogens is 3. The topological polar surface area (TPSA) is 67.1 Å². The average Bonchev–Trinajstić information content (AvgIpc) is 3.23. The van der Waals surface area contributed by atoms with Crippen molar-refractivity contribution < 1.29 is 4.39 Å². The summed E-state index contributed by atoms with van der Waals surface area (Å²) >= 11 is 0. The van der Waals surface area contributed by atoms with Gasteiger partial charge in [0.1, 0.15) is 5.82 Å². The third kappa shape index (κ3) is 5.37. The molecule has 140 valence electrons. The fourth-order valence-corrected chi connectivity index (χ4v) is 2.62. The third-order valence-corrected chi connectivity index (χ3v) is 3.96. The second-order valence-electron chi connectivity index (χ2n) is 5.94. The zero-order valence-electron chi connectivity index (χ0n) is 15.3. The lowest BCUT2D eigenvalue weighted by Gasteiger charge is -2.12. The smallest absolute Gasteiger partial charge is 0.191 e. The first-order valence-electron chi connectivity index (χ1n) is 8.97. The molecule has 1 aromatic carbocycles. The Bertz CT molecular complexity index is 876. The zero-order chi connectivity index (χ0) is 18.9. The standard InChI is InChI=1S/C20H23FN6/c1-2-22-20(24-12-9-17-6-3-4-7-18(17)21)25-15-16-8-11-23-19(14-16)27-13-5-10-26-27/h3-8,10-11,13-14H,2,9,12,15H2,1H3,(H2,22,24,25). The summed E-state index contributed by atoms with van der Waals surface area (Å²) in [4.78, 5) is 8.92. The molecule has 27 heavy (non-hydrogen) atoms. The van der Waals surface area contributed by atoms with Crippen LogP contribution < -0.4 is 10.6 Å². The molecule has 0 saturated carbocycles. The normalized spacial score (nSPS) is 11.4. The highest BCUT2D eigenvalue weighted by Crippen LogP contribution is 2.08. The minimum absolute atomic E-state index is 0.177. The van der Waals surface area contributed by atoms with E-state index in [4.69, 9.17) is 0 Å². The summed E-state index contributed by atoms with van der Waals surface area (Å²) < 4.78 is 15.4. The van der Waals surface area contributed by atoms with Crippen molar-refractivity contribution in [1.82, 2.24) is 25.4 Å². The van der Waals surface area contributed by atoms with Crippen molar-refractivity contribution in [2.75, 3.05) is 13.1 Å². The Morgan fingerprint density at radius 3 is 2.81 bits per heavy atom. The van der Waals surface area contributed by atoms with Crippen LogP contribution in [0.15, 0.2) is 66.0 Å². The molecule has 2 heterocycles. The molecule has 7 heteroatoms. The molecule has 0 amide bonds. The molecular formula is C20H23FN6. The fraction of sp³-hybridized carbons (Fsp3) is 0.250. The molecule has 0 radical (unpaired) electrons. The van der Waals surface area contributed by atoms with Crippen molar-refractivity contribution in [1.29, 1.82) is 0 Å². The van der Waals surface area contributed by atoms with Gasteiger partial charge in [-0.1, -0.05) is 18.2 Å². The summed E-state index contributed by atoms with van der Waals surface area (Å²) in [5.41, 5.74) is 1.72. The molecule has 0 spiro atoms. The van der Waals surface area contributed by atoms with Crippen molar-refractivity contribution in [3.63, 3.8) is 0 Å². The quantitative estimate of drug-likeness (QED) is 0.498. The maximum Gasteiger partial charge on any atom is 0.191 e. The second kappa shape index (κ2) is 9.47. The number of hydrogen-bond donors (Lipinski definition) is 2. The van der Waals surface area contributed by atoms with Gasteiger partial charge in [0.2, 0.25) is 0 Å². The van der Waals surface area contributed by atoms with Gasteiger partial charge in [-0.05, 0) is 48.7 Å². The van der Waals surface area contributed by atoms with Crippen molar-refractivity contribution >= 4 is 5.96 Å². The summed E-state index contributed by atoms with van der Waals surface area (Å²) in [6.07, 6.45) is 5.91. The number of hydrogen-bond acceptors (Lipinski definition) is 3. The van der Waals surface area contributed by atoms with Crippen LogP contribution in [0.4, 0.5) is 4.39 Å². The van der Waals surface area contributed by atoms with Crippen LogP contribution in [-0.4, -0.2) is 33.8 Å². The number of aliphatic imine (C=N–C) groups is 1.